The summed E-state index contributed by atoms with van der Waals surface area (Å²) < 4.78 is 16.3. The van der Waals surface area contributed by atoms with E-state index in [0.717, 1.165) is 17.6 Å². The highest BCUT2D eigenvalue weighted by molar-refractivity contribution is 6.07. The summed E-state index contributed by atoms with van der Waals surface area (Å²) in [5.74, 6) is 1.89. The second kappa shape index (κ2) is 7.28. The van der Waals surface area contributed by atoms with Crippen LogP contribution in [0.4, 0.5) is 0 Å². The Morgan fingerprint density at radius 1 is 1.12 bits per heavy atom. The number of likely N-dealkylation sites (tertiary alicyclic amines) is 1. The highest BCUT2D eigenvalue weighted by atomic mass is 16.5. The van der Waals surface area contributed by atoms with Gasteiger partial charge in [0, 0.05) is 23.7 Å². The number of allylic oxidation sites excluding steroid dienone is 2. The molecule has 0 aromatic heterocycles. The first-order chi connectivity index (χ1) is 12.5. The molecule has 1 aliphatic carbocycles. The van der Waals surface area contributed by atoms with Crippen molar-refractivity contribution in [1.82, 2.24) is 4.90 Å². The SMILES string of the molecule is COc1cc(OC)c(/C=C2/C(=O)N(C(C)C)C3CC=CC=C23)c(OC)c1. The lowest BCUT2D eigenvalue weighted by molar-refractivity contribution is -0.127. The molecule has 5 heteroatoms. The minimum absolute atomic E-state index is 0.0416. The Balaban J connectivity index is 2.16. The molecule has 1 unspecified atom stereocenters. The van der Waals surface area contributed by atoms with Crippen LogP contribution < -0.4 is 14.2 Å². The molecule has 1 aromatic carbocycles. The summed E-state index contributed by atoms with van der Waals surface area (Å²) in [6.07, 6.45) is 8.86. The van der Waals surface area contributed by atoms with Gasteiger partial charge in [-0.1, -0.05) is 18.2 Å². The maximum atomic E-state index is 13.1. The Hall–Kier alpha value is -2.69. The molecule has 3 rings (SSSR count). The fourth-order valence-electron chi connectivity index (χ4n) is 3.61. The van der Waals surface area contributed by atoms with E-state index in [1.165, 1.54) is 0 Å². The number of carbonyl (C=O) groups is 1. The van der Waals surface area contributed by atoms with Crippen LogP contribution >= 0.6 is 0 Å². The molecule has 1 aromatic rings. The fourth-order valence-corrected chi connectivity index (χ4v) is 3.61. The molecule has 5 nitrogen and oxygen atoms in total. The molecule has 0 spiro atoms. The Morgan fingerprint density at radius 2 is 1.77 bits per heavy atom. The van der Waals surface area contributed by atoms with Crippen molar-refractivity contribution in [2.45, 2.75) is 32.4 Å². The number of fused-ring (bicyclic) bond motifs is 1. The predicted octanol–water partition coefficient (Wildman–Crippen LogP) is 3.60. The van der Waals surface area contributed by atoms with Crippen molar-refractivity contribution in [3.8, 4) is 17.2 Å². The second-order valence-electron chi connectivity index (χ2n) is 6.61. The molecule has 0 bridgehead atoms. The zero-order valence-electron chi connectivity index (χ0n) is 15.9. The number of hydrogen-bond donors (Lipinski definition) is 0. The fraction of sp³-hybridized carbons (Fsp3) is 0.381. The van der Waals surface area contributed by atoms with Crippen LogP contribution in [0.2, 0.25) is 0 Å². The third-order valence-corrected chi connectivity index (χ3v) is 4.84. The van der Waals surface area contributed by atoms with Crippen molar-refractivity contribution in [1.29, 1.82) is 0 Å². The Bertz CT molecular complexity index is 779. The number of benzene rings is 1. The van der Waals surface area contributed by atoms with E-state index in [4.69, 9.17) is 14.2 Å². The number of hydrogen-bond acceptors (Lipinski definition) is 4. The summed E-state index contributed by atoms with van der Waals surface area (Å²) >= 11 is 0. The van der Waals surface area contributed by atoms with Crippen molar-refractivity contribution in [2.24, 2.45) is 0 Å². The van der Waals surface area contributed by atoms with E-state index in [1.54, 1.807) is 33.5 Å². The third-order valence-electron chi connectivity index (χ3n) is 4.84. The van der Waals surface area contributed by atoms with Gasteiger partial charge in [-0.3, -0.25) is 4.79 Å². The van der Waals surface area contributed by atoms with Crippen LogP contribution in [-0.4, -0.2) is 44.2 Å². The van der Waals surface area contributed by atoms with E-state index in [-0.39, 0.29) is 18.0 Å². The van der Waals surface area contributed by atoms with E-state index < -0.39 is 0 Å². The summed E-state index contributed by atoms with van der Waals surface area (Å²) in [6.45, 7) is 4.09. The Kier molecular flexibility index (Phi) is 5.07. The predicted molar refractivity (Wildman–Crippen MR) is 102 cm³/mol. The number of nitrogens with zero attached hydrogens (tertiary/aromatic N) is 1. The standard InChI is InChI=1S/C21H25NO4/c1-13(2)22-18-9-7-6-8-15(18)16(21(22)23)12-17-19(25-4)10-14(24-3)11-20(17)26-5/h6-8,10-13,18H,9H2,1-5H3/b16-12+. The van der Waals surface area contributed by atoms with E-state index in [9.17, 15) is 4.79 Å². The monoisotopic (exact) mass is 355 g/mol. The van der Waals surface area contributed by atoms with Crippen molar-refractivity contribution in [3.63, 3.8) is 0 Å². The van der Waals surface area contributed by atoms with Crippen molar-refractivity contribution < 1.29 is 19.0 Å². The maximum absolute atomic E-state index is 13.1. The smallest absolute Gasteiger partial charge is 0.254 e. The summed E-state index contributed by atoms with van der Waals surface area (Å²) in [6, 6.07) is 3.81. The van der Waals surface area contributed by atoms with Crippen molar-refractivity contribution in [3.05, 3.63) is 47.1 Å². The van der Waals surface area contributed by atoms with Crippen LogP contribution in [0.15, 0.2) is 41.5 Å². The maximum Gasteiger partial charge on any atom is 0.254 e. The minimum atomic E-state index is 0.0416. The van der Waals surface area contributed by atoms with Crippen LogP contribution in [0.25, 0.3) is 6.08 Å². The lowest BCUT2D eigenvalue weighted by atomic mass is 9.94. The Morgan fingerprint density at radius 3 is 2.31 bits per heavy atom. The van der Waals surface area contributed by atoms with Gasteiger partial charge in [-0.15, -0.1) is 0 Å². The van der Waals surface area contributed by atoms with Crippen LogP contribution in [0.3, 0.4) is 0 Å². The summed E-state index contributed by atoms with van der Waals surface area (Å²) in [7, 11) is 4.79. The molecule has 26 heavy (non-hydrogen) atoms. The van der Waals surface area contributed by atoms with Gasteiger partial charge in [-0.05, 0) is 31.9 Å². The number of rotatable bonds is 5. The zero-order chi connectivity index (χ0) is 18.8. The van der Waals surface area contributed by atoms with E-state index in [2.05, 4.69) is 6.08 Å². The van der Waals surface area contributed by atoms with Gasteiger partial charge < -0.3 is 19.1 Å². The molecule has 0 radical (unpaired) electrons. The summed E-state index contributed by atoms with van der Waals surface area (Å²) in [5, 5.41) is 0. The molecule has 2 aliphatic rings. The van der Waals surface area contributed by atoms with Gasteiger partial charge in [0.05, 0.1) is 32.9 Å². The molecule has 0 N–H and O–H groups in total. The molecule has 1 aliphatic heterocycles. The average molecular weight is 355 g/mol. The largest absolute Gasteiger partial charge is 0.496 e. The highest BCUT2D eigenvalue weighted by Gasteiger charge is 2.41. The summed E-state index contributed by atoms with van der Waals surface area (Å²) in [4.78, 5) is 15.1. The molecular formula is C21H25NO4. The molecule has 138 valence electrons. The van der Waals surface area contributed by atoms with Gasteiger partial charge in [0.1, 0.15) is 17.2 Å². The number of ether oxygens (including phenoxy) is 3. The molecule has 0 saturated carbocycles. The number of amides is 1. The number of carbonyl (C=O) groups excluding carboxylic acids is 1. The summed E-state index contributed by atoms with van der Waals surface area (Å²) in [5.41, 5.74) is 2.47. The second-order valence-corrected chi connectivity index (χ2v) is 6.61. The Labute approximate surface area is 154 Å². The van der Waals surface area contributed by atoms with Gasteiger partial charge in [-0.2, -0.15) is 0 Å². The topological polar surface area (TPSA) is 48.0 Å². The highest BCUT2D eigenvalue weighted by Crippen LogP contribution is 2.41. The first-order valence-corrected chi connectivity index (χ1v) is 8.73. The van der Waals surface area contributed by atoms with Gasteiger partial charge in [0.25, 0.3) is 5.91 Å². The van der Waals surface area contributed by atoms with Gasteiger partial charge in [0.2, 0.25) is 0 Å². The lowest BCUT2D eigenvalue weighted by Gasteiger charge is -2.28. The average Bonchev–Trinajstić information content (AvgIpc) is 2.93. The van der Waals surface area contributed by atoms with Crippen molar-refractivity contribution >= 4 is 12.0 Å². The van der Waals surface area contributed by atoms with Gasteiger partial charge in [0.15, 0.2) is 0 Å². The molecule has 1 fully saturated rings. The van der Waals surface area contributed by atoms with Crippen LogP contribution in [0.5, 0.6) is 17.2 Å². The molecule has 1 saturated heterocycles. The first-order valence-electron chi connectivity index (χ1n) is 8.73. The lowest BCUT2D eigenvalue weighted by Crippen LogP contribution is -2.39. The zero-order valence-corrected chi connectivity index (χ0v) is 15.9. The first kappa shape index (κ1) is 18.1. The normalized spacial score (nSPS) is 20.5. The molecule has 1 heterocycles. The van der Waals surface area contributed by atoms with Gasteiger partial charge in [-0.25, -0.2) is 0 Å². The van der Waals surface area contributed by atoms with Crippen LogP contribution in [-0.2, 0) is 4.79 Å². The molecule has 1 atom stereocenters. The van der Waals surface area contributed by atoms with E-state index in [0.29, 0.717) is 22.8 Å². The van der Waals surface area contributed by atoms with Crippen LogP contribution in [0.1, 0.15) is 25.8 Å². The minimum Gasteiger partial charge on any atom is -0.496 e. The molecular weight excluding hydrogens is 330 g/mol. The molecule has 1 amide bonds. The van der Waals surface area contributed by atoms with Crippen LogP contribution in [0, 0.1) is 0 Å². The van der Waals surface area contributed by atoms with E-state index >= 15 is 0 Å². The number of methoxy groups -OCH3 is 3. The van der Waals surface area contributed by atoms with Crippen molar-refractivity contribution in [2.75, 3.05) is 21.3 Å². The van der Waals surface area contributed by atoms with Gasteiger partial charge >= 0.3 is 0 Å². The van der Waals surface area contributed by atoms with E-state index in [1.807, 2.05) is 37.0 Å². The third kappa shape index (κ3) is 2.98. The quantitative estimate of drug-likeness (QED) is 0.757.